The highest BCUT2D eigenvalue weighted by Crippen LogP contribution is 2.24. The van der Waals surface area contributed by atoms with Crippen LogP contribution in [-0.2, 0) is 17.7 Å². The third-order valence-electron chi connectivity index (χ3n) is 6.24. The summed E-state index contributed by atoms with van der Waals surface area (Å²) in [5.41, 5.74) is 4.34. The van der Waals surface area contributed by atoms with E-state index >= 15 is 0 Å². The molecular weight excluding hydrogens is 436 g/mol. The Bertz CT molecular complexity index is 1090. The zero-order chi connectivity index (χ0) is 23.4. The van der Waals surface area contributed by atoms with E-state index in [2.05, 4.69) is 53.3 Å². The minimum Gasteiger partial charge on any atom is -0.379 e. The Morgan fingerprint density at radius 3 is 2.61 bits per heavy atom. The number of ether oxygens (including phenoxy) is 1. The largest absolute Gasteiger partial charge is 0.379 e. The van der Waals surface area contributed by atoms with Crippen LogP contribution in [0.2, 0.25) is 5.02 Å². The minimum atomic E-state index is -0.128. The molecule has 176 valence electrons. The van der Waals surface area contributed by atoms with E-state index in [-0.39, 0.29) is 5.91 Å². The van der Waals surface area contributed by atoms with E-state index in [0.717, 1.165) is 43.8 Å². The number of amides is 1. The molecule has 0 unspecified atom stereocenters. The van der Waals surface area contributed by atoms with Gasteiger partial charge >= 0.3 is 0 Å². The van der Waals surface area contributed by atoms with Gasteiger partial charge in [-0.2, -0.15) is 0 Å². The van der Waals surface area contributed by atoms with Crippen LogP contribution in [0.4, 0.5) is 5.69 Å². The molecule has 0 spiro atoms. The number of pyridine rings is 1. The van der Waals surface area contributed by atoms with E-state index in [4.69, 9.17) is 16.3 Å². The van der Waals surface area contributed by atoms with Gasteiger partial charge in [-0.15, -0.1) is 0 Å². The monoisotopic (exact) mass is 468 g/mol. The average molecular weight is 469 g/mol. The summed E-state index contributed by atoms with van der Waals surface area (Å²) in [5.74, 6) is 0.526. The van der Waals surface area contributed by atoms with E-state index in [1.54, 1.807) is 22.7 Å². The Morgan fingerprint density at radius 2 is 1.94 bits per heavy atom. The summed E-state index contributed by atoms with van der Waals surface area (Å²) in [6.07, 6.45) is 5.10. The fourth-order valence-electron chi connectivity index (χ4n) is 4.33. The Kier molecular flexibility index (Phi) is 7.56. The van der Waals surface area contributed by atoms with Crippen molar-refractivity contribution in [3.8, 4) is 0 Å². The van der Waals surface area contributed by atoms with Crippen molar-refractivity contribution >= 4 is 28.8 Å². The number of piperidine rings is 1. The van der Waals surface area contributed by atoms with Gasteiger partial charge in [0.15, 0.2) is 0 Å². The molecule has 0 bridgehead atoms. The van der Waals surface area contributed by atoms with Crippen LogP contribution in [0.3, 0.4) is 0 Å². The van der Waals surface area contributed by atoms with Gasteiger partial charge in [0.05, 0.1) is 11.8 Å². The van der Waals surface area contributed by atoms with Gasteiger partial charge in [-0.1, -0.05) is 30.7 Å². The average Bonchev–Trinajstić information content (AvgIpc) is 3.19. The molecule has 1 amide bonds. The maximum atomic E-state index is 13.0. The number of carbonyl (C=O) groups is 1. The number of nitrogens with one attached hydrogen (secondary N) is 1. The molecule has 1 aliphatic heterocycles. The summed E-state index contributed by atoms with van der Waals surface area (Å²) in [5, 5.41) is 3.66. The lowest BCUT2D eigenvalue weighted by atomic mass is 9.97. The van der Waals surface area contributed by atoms with E-state index in [0.29, 0.717) is 41.4 Å². The third kappa shape index (κ3) is 5.68. The predicted molar refractivity (Wildman–Crippen MR) is 133 cm³/mol. The molecule has 7 heteroatoms. The fourth-order valence-corrected chi connectivity index (χ4v) is 4.49. The molecule has 2 aromatic heterocycles. The number of aryl methyl sites for hydroxylation is 1. The lowest BCUT2D eigenvalue weighted by Gasteiger charge is -2.33. The van der Waals surface area contributed by atoms with Crippen LogP contribution in [0.25, 0.3) is 5.65 Å². The van der Waals surface area contributed by atoms with Crippen LogP contribution in [0.1, 0.15) is 55.4 Å². The number of hydrogen-bond acceptors (Lipinski definition) is 4. The molecule has 6 nitrogen and oxygen atoms in total. The number of nitrogens with zero attached hydrogens (tertiary/aromatic N) is 3. The summed E-state index contributed by atoms with van der Waals surface area (Å²) in [6, 6.07) is 12.0. The first-order valence-electron chi connectivity index (χ1n) is 11.8. The van der Waals surface area contributed by atoms with E-state index in [9.17, 15) is 4.79 Å². The number of carbonyl (C=O) groups excluding carboxylic acids is 1. The predicted octanol–water partition coefficient (Wildman–Crippen LogP) is 5.12. The molecule has 3 aromatic rings. The Hall–Kier alpha value is -2.57. The van der Waals surface area contributed by atoms with Crippen molar-refractivity contribution in [3.63, 3.8) is 0 Å². The second kappa shape index (κ2) is 10.6. The number of imidazole rings is 1. The van der Waals surface area contributed by atoms with Gasteiger partial charge in [0.2, 0.25) is 0 Å². The summed E-state index contributed by atoms with van der Waals surface area (Å²) >= 11 is 6.08. The van der Waals surface area contributed by atoms with Crippen molar-refractivity contribution in [2.24, 2.45) is 5.92 Å². The first-order valence-corrected chi connectivity index (χ1v) is 12.2. The molecule has 0 saturated carbocycles. The van der Waals surface area contributed by atoms with Crippen molar-refractivity contribution in [3.05, 3.63) is 64.6 Å². The lowest BCUT2D eigenvalue weighted by Crippen LogP contribution is -2.35. The molecule has 0 radical (unpaired) electrons. The van der Waals surface area contributed by atoms with Gasteiger partial charge < -0.3 is 15.0 Å². The van der Waals surface area contributed by atoms with E-state index in [1.165, 1.54) is 5.69 Å². The van der Waals surface area contributed by atoms with Gasteiger partial charge in [-0.3, -0.25) is 9.20 Å². The number of aromatic nitrogens is 2. The molecule has 4 rings (SSSR count). The quantitative estimate of drug-likeness (QED) is 0.498. The first kappa shape index (κ1) is 23.6. The SMILES string of the molecule is CCc1nc2cc(Cl)ccn2c1C(=O)NCc1ccc(N2CCC(COC(C)C)CC2)cc1. The van der Waals surface area contributed by atoms with Crippen molar-refractivity contribution in [2.75, 3.05) is 24.6 Å². The molecule has 1 aromatic carbocycles. The molecule has 0 atom stereocenters. The Balaban J connectivity index is 1.34. The molecule has 1 saturated heterocycles. The Morgan fingerprint density at radius 1 is 1.21 bits per heavy atom. The van der Waals surface area contributed by atoms with Crippen LogP contribution < -0.4 is 10.2 Å². The maximum absolute atomic E-state index is 13.0. The van der Waals surface area contributed by atoms with Crippen molar-refractivity contribution < 1.29 is 9.53 Å². The van der Waals surface area contributed by atoms with Gasteiger partial charge in [0.25, 0.3) is 5.91 Å². The zero-order valence-corrected chi connectivity index (χ0v) is 20.4. The van der Waals surface area contributed by atoms with Crippen LogP contribution in [0.5, 0.6) is 0 Å². The summed E-state index contributed by atoms with van der Waals surface area (Å²) in [7, 11) is 0. The Labute approximate surface area is 200 Å². The number of rotatable bonds is 8. The number of halogens is 1. The summed E-state index contributed by atoms with van der Waals surface area (Å²) < 4.78 is 7.59. The van der Waals surface area contributed by atoms with Crippen LogP contribution in [0, 0.1) is 5.92 Å². The molecule has 1 fully saturated rings. The standard InChI is InChI=1S/C26H33ClN4O2/c1-4-23-25(31-14-11-21(27)15-24(31)29-23)26(32)28-16-19-5-7-22(8-6-19)30-12-9-20(10-13-30)17-33-18(2)3/h5-8,11,14-15,18,20H,4,9-10,12-13,16-17H2,1-3H3,(H,28,32). The van der Waals surface area contributed by atoms with E-state index < -0.39 is 0 Å². The number of anilines is 1. The van der Waals surface area contributed by atoms with E-state index in [1.807, 2.05) is 6.92 Å². The molecular formula is C26H33ClN4O2. The fraction of sp³-hybridized carbons (Fsp3) is 0.462. The topological polar surface area (TPSA) is 58.9 Å². The second-order valence-corrected chi connectivity index (χ2v) is 9.43. The number of hydrogen-bond donors (Lipinski definition) is 1. The molecule has 1 N–H and O–H groups in total. The highest BCUT2D eigenvalue weighted by molar-refractivity contribution is 6.30. The van der Waals surface area contributed by atoms with Gasteiger partial charge in [0.1, 0.15) is 11.3 Å². The summed E-state index contributed by atoms with van der Waals surface area (Å²) in [6.45, 7) is 9.63. The van der Waals surface area contributed by atoms with Gasteiger partial charge in [-0.25, -0.2) is 4.98 Å². The van der Waals surface area contributed by atoms with Crippen LogP contribution in [-0.4, -0.2) is 41.1 Å². The summed E-state index contributed by atoms with van der Waals surface area (Å²) in [4.78, 5) is 20.0. The smallest absolute Gasteiger partial charge is 0.270 e. The van der Waals surface area contributed by atoms with Crippen molar-refractivity contribution in [1.29, 1.82) is 0 Å². The lowest BCUT2D eigenvalue weighted by molar-refractivity contribution is 0.0449. The minimum absolute atomic E-state index is 0.128. The molecule has 1 aliphatic rings. The number of benzene rings is 1. The highest BCUT2D eigenvalue weighted by atomic mass is 35.5. The van der Waals surface area contributed by atoms with Crippen molar-refractivity contribution in [1.82, 2.24) is 14.7 Å². The number of fused-ring (bicyclic) bond motifs is 1. The van der Waals surface area contributed by atoms with Crippen molar-refractivity contribution in [2.45, 2.75) is 52.7 Å². The second-order valence-electron chi connectivity index (χ2n) is 9.00. The van der Waals surface area contributed by atoms with Crippen LogP contribution >= 0.6 is 11.6 Å². The normalized spacial score (nSPS) is 14.9. The van der Waals surface area contributed by atoms with Gasteiger partial charge in [0, 0.05) is 49.2 Å². The highest BCUT2D eigenvalue weighted by Gasteiger charge is 2.21. The maximum Gasteiger partial charge on any atom is 0.270 e. The van der Waals surface area contributed by atoms with Crippen LogP contribution in [0.15, 0.2) is 42.6 Å². The molecule has 3 heterocycles. The van der Waals surface area contributed by atoms with Gasteiger partial charge in [-0.05, 0) is 62.8 Å². The molecule has 0 aliphatic carbocycles. The first-order chi connectivity index (χ1) is 15.9. The third-order valence-corrected chi connectivity index (χ3v) is 6.48. The molecule has 33 heavy (non-hydrogen) atoms. The zero-order valence-electron chi connectivity index (χ0n) is 19.7.